The summed E-state index contributed by atoms with van der Waals surface area (Å²) in [5.74, 6) is 1.24. The largest absolute Gasteiger partial charge is 0.494 e. The Morgan fingerprint density at radius 1 is 1.15 bits per heavy atom. The average molecular weight is 624 g/mol. The van der Waals surface area contributed by atoms with E-state index in [9.17, 15) is 9.18 Å². The van der Waals surface area contributed by atoms with Crippen molar-refractivity contribution in [2.75, 3.05) is 17.3 Å². The summed E-state index contributed by atoms with van der Waals surface area (Å²) < 4.78 is 26.4. The van der Waals surface area contributed by atoms with E-state index in [1.807, 2.05) is 68.1 Å². The average Bonchev–Trinajstić information content (AvgIpc) is 3.53. The number of ether oxygens (including phenoxy) is 1. The SMILES string of the molecule is COc1cc(N2C(=S)N[C@H](c3ccccn3)[C@H]2c2ccc(-c3ccc(F)cc3Br)o2)ccc1NC(=O)C(C)(C)C. The molecule has 206 valence electrons. The van der Waals surface area contributed by atoms with Crippen LogP contribution < -0.4 is 20.3 Å². The minimum Gasteiger partial charge on any atom is -0.494 e. The number of hydrogen-bond acceptors (Lipinski definition) is 5. The number of hydrogen-bond donors (Lipinski definition) is 2. The number of rotatable bonds is 6. The summed E-state index contributed by atoms with van der Waals surface area (Å²) in [6.45, 7) is 5.55. The second kappa shape index (κ2) is 11.0. The molecule has 10 heteroatoms. The Morgan fingerprint density at radius 2 is 1.95 bits per heavy atom. The smallest absolute Gasteiger partial charge is 0.229 e. The van der Waals surface area contributed by atoms with Gasteiger partial charge in [-0.2, -0.15) is 0 Å². The van der Waals surface area contributed by atoms with Gasteiger partial charge in [-0.05, 0) is 82.7 Å². The molecule has 2 atom stereocenters. The highest BCUT2D eigenvalue weighted by atomic mass is 79.9. The molecule has 0 unspecified atom stereocenters. The van der Waals surface area contributed by atoms with Gasteiger partial charge in [0.1, 0.15) is 29.1 Å². The van der Waals surface area contributed by atoms with Gasteiger partial charge >= 0.3 is 0 Å². The van der Waals surface area contributed by atoms with Gasteiger partial charge in [0.25, 0.3) is 0 Å². The Balaban J connectivity index is 1.57. The van der Waals surface area contributed by atoms with Crippen molar-refractivity contribution in [1.82, 2.24) is 10.3 Å². The quantitative estimate of drug-likeness (QED) is 0.217. The number of halogens is 2. The predicted molar refractivity (Wildman–Crippen MR) is 161 cm³/mol. The topological polar surface area (TPSA) is 79.6 Å². The minimum atomic E-state index is -0.568. The zero-order valence-electron chi connectivity index (χ0n) is 22.4. The molecule has 0 spiro atoms. The van der Waals surface area contributed by atoms with Gasteiger partial charge in [0.05, 0.1) is 24.5 Å². The number of aromatic nitrogens is 1. The summed E-state index contributed by atoms with van der Waals surface area (Å²) in [6.07, 6.45) is 1.73. The molecule has 1 aliphatic heterocycles. The standard InChI is InChI=1S/C30H28BrFN4O3S/c1-30(2,3)28(37)34-21-11-9-18(16-25(21)38-4)36-27(26(35-29(36)40)22-7-5-6-14-33-22)24-13-12-23(39-24)19-10-8-17(32)15-20(19)31/h5-16,26-27H,1-4H3,(H,34,37)(H,35,40)/t26-,27-/m1/s1. The van der Waals surface area contributed by atoms with Gasteiger partial charge in [-0.15, -0.1) is 0 Å². The highest BCUT2D eigenvalue weighted by Gasteiger charge is 2.43. The Bertz CT molecular complexity index is 1570. The fourth-order valence-electron chi connectivity index (χ4n) is 4.51. The lowest BCUT2D eigenvalue weighted by Crippen LogP contribution is -2.30. The van der Waals surface area contributed by atoms with Gasteiger partial charge in [0.2, 0.25) is 5.91 Å². The van der Waals surface area contributed by atoms with Crippen molar-refractivity contribution in [2.24, 2.45) is 5.41 Å². The molecule has 0 bridgehead atoms. The minimum absolute atomic E-state index is 0.125. The molecule has 1 amide bonds. The van der Waals surface area contributed by atoms with E-state index in [1.165, 1.54) is 12.1 Å². The van der Waals surface area contributed by atoms with Crippen LogP contribution in [0.4, 0.5) is 15.8 Å². The number of anilines is 2. The zero-order valence-corrected chi connectivity index (χ0v) is 24.8. The number of carbonyl (C=O) groups is 1. The van der Waals surface area contributed by atoms with E-state index in [0.29, 0.717) is 32.5 Å². The first kappa shape index (κ1) is 27.8. The van der Waals surface area contributed by atoms with Crippen molar-refractivity contribution in [2.45, 2.75) is 32.9 Å². The van der Waals surface area contributed by atoms with Gasteiger partial charge in [0.15, 0.2) is 5.11 Å². The van der Waals surface area contributed by atoms with Gasteiger partial charge in [-0.1, -0.05) is 26.8 Å². The highest BCUT2D eigenvalue weighted by molar-refractivity contribution is 9.10. The molecule has 1 fully saturated rings. The number of nitrogens with zero attached hydrogens (tertiary/aromatic N) is 2. The Morgan fingerprint density at radius 3 is 2.62 bits per heavy atom. The first-order chi connectivity index (χ1) is 19.1. The lowest BCUT2D eigenvalue weighted by Gasteiger charge is -2.27. The van der Waals surface area contributed by atoms with E-state index in [2.05, 4.69) is 31.5 Å². The molecule has 1 aliphatic rings. The van der Waals surface area contributed by atoms with E-state index in [0.717, 1.165) is 16.9 Å². The summed E-state index contributed by atoms with van der Waals surface area (Å²) in [5, 5.41) is 6.83. The summed E-state index contributed by atoms with van der Waals surface area (Å²) in [6, 6.07) is 18.7. The fraction of sp³-hybridized carbons (Fsp3) is 0.233. The van der Waals surface area contributed by atoms with E-state index in [-0.39, 0.29) is 17.8 Å². The number of carbonyl (C=O) groups excluding carboxylic acids is 1. The van der Waals surface area contributed by atoms with Crippen LogP contribution in [0.15, 0.2) is 81.8 Å². The third-order valence-electron chi connectivity index (χ3n) is 6.61. The molecule has 0 radical (unpaired) electrons. The maximum atomic E-state index is 13.7. The Labute approximate surface area is 245 Å². The van der Waals surface area contributed by atoms with Crippen molar-refractivity contribution < 1.29 is 18.3 Å². The van der Waals surface area contributed by atoms with Crippen LogP contribution in [0, 0.1) is 11.2 Å². The van der Waals surface area contributed by atoms with E-state index in [4.69, 9.17) is 21.4 Å². The number of furan rings is 1. The molecule has 7 nitrogen and oxygen atoms in total. The van der Waals surface area contributed by atoms with E-state index >= 15 is 0 Å². The fourth-order valence-corrected chi connectivity index (χ4v) is 5.40. The maximum absolute atomic E-state index is 13.7. The van der Waals surface area contributed by atoms with Crippen LogP contribution in [-0.4, -0.2) is 23.1 Å². The zero-order chi connectivity index (χ0) is 28.6. The molecule has 5 rings (SSSR count). The van der Waals surface area contributed by atoms with Crippen LogP contribution in [0.5, 0.6) is 5.75 Å². The molecule has 1 saturated heterocycles. The summed E-state index contributed by atoms with van der Waals surface area (Å²) in [4.78, 5) is 19.2. The first-order valence-electron chi connectivity index (χ1n) is 12.6. The third kappa shape index (κ3) is 5.46. The highest BCUT2D eigenvalue weighted by Crippen LogP contribution is 2.45. The van der Waals surface area contributed by atoms with Gasteiger partial charge in [-0.25, -0.2) is 4.39 Å². The van der Waals surface area contributed by atoms with Crippen LogP contribution in [0.1, 0.15) is 44.3 Å². The van der Waals surface area contributed by atoms with E-state index < -0.39 is 11.5 Å². The maximum Gasteiger partial charge on any atom is 0.229 e. The van der Waals surface area contributed by atoms with Gasteiger partial charge in [-0.3, -0.25) is 9.78 Å². The normalized spacial score (nSPS) is 17.1. The summed E-state index contributed by atoms with van der Waals surface area (Å²) in [7, 11) is 1.56. The molecular weight excluding hydrogens is 595 g/mol. The van der Waals surface area contributed by atoms with Crippen molar-refractivity contribution in [3.8, 4) is 17.1 Å². The number of pyridine rings is 1. The van der Waals surface area contributed by atoms with Gasteiger partial charge < -0.3 is 24.7 Å². The van der Waals surface area contributed by atoms with Crippen molar-refractivity contribution in [3.05, 3.63) is 94.7 Å². The molecule has 2 aromatic heterocycles. The van der Waals surface area contributed by atoms with Gasteiger partial charge in [0, 0.05) is 33.4 Å². The molecule has 2 aromatic carbocycles. The van der Waals surface area contributed by atoms with E-state index in [1.54, 1.807) is 25.4 Å². The third-order valence-corrected chi connectivity index (χ3v) is 7.58. The monoisotopic (exact) mass is 622 g/mol. The number of nitrogens with one attached hydrogen (secondary N) is 2. The molecule has 0 aliphatic carbocycles. The van der Waals surface area contributed by atoms with Crippen LogP contribution >= 0.6 is 28.1 Å². The molecule has 40 heavy (non-hydrogen) atoms. The Kier molecular flexibility index (Phi) is 7.65. The molecule has 3 heterocycles. The first-order valence-corrected chi connectivity index (χ1v) is 13.8. The number of benzene rings is 2. The lowest BCUT2D eigenvalue weighted by atomic mass is 9.95. The molecule has 4 aromatic rings. The number of amides is 1. The molecular formula is C30H28BrFN4O3S. The van der Waals surface area contributed by atoms with Crippen molar-refractivity contribution in [3.63, 3.8) is 0 Å². The van der Waals surface area contributed by atoms with Crippen LogP contribution in [0.2, 0.25) is 0 Å². The number of thiocarbonyl (C=S) groups is 1. The Hall–Kier alpha value is -3.76. The lowest BCUT2D eigenvalue weighted by molar-refractivity contribution is -0.123. The van der Waals surface area contributed by atoms with Crippen LogP contribution in [0.3, 0.4) is 0 Å². The second-order valence-corrected chi connectivity index (χ2v) is 11.7. The number of methoxy groups -OCH3 is 1. The van der Waals surface area contributed by atoms with Crippen molar-refractivity contribution in [1.29, 1.82) is 0 Å². The molecule has 2 N–H and O–H groups in total. The predicted octanol–water partition coefficient (Wildman–Crippen LogP) is 7.41. The van der Waals surface area contributed by atoms with Crippen molar-refractivity contribution >= 4 is 50.5 Å². The second-order valence-electron chi connectivity index (χ2n) is 10.4. The van der Waals surface area contributed by atoms with Crippen LogP contribution in [0.25, 0.3) is 11.3 Å². The molecule has 0 saturated carbocycles. The van der Waals surface area contributed by atoms with Crippen LogP contribution in [-0.2, 0) is 4.79 Å². The summed E-state index contributed by atoms with van der Waals surface area (Å²) in [5.41, 5.74) is 2.25. The summed E-state index contributed by atoms with van der Waals surface area (Å²) >= 11 is 9.27.